The summed E-state index contributed by atoms with van der Waals surface area (Å²) in [4.78, 5) is 26.6. The average molecular weight is 304 g/mol. The number of nitrogens with zero attached hydrogens (tertiary/aromatic N) is 1. The zero-order valence-electron chi connectivity index (χ0n) is 11.6. The minimum absolute atomic E-state index is 0.115. The van der Waals surface area contributed by atoms with Gasteiger partial charge >= 0.3 is 5.97 Å². The summed E-state index contributed by atoms with van der Waals surface area (Å²) in [5.74, 6) is -0.942. The van der Waals surface area contributed by atoms with Crippen LogP contribution in [0, 0.1) is 0 Å². The number of hydrogen-bond donors (Lipinski definition) is 2. The Balaban J connectivity index is 1.89. The maximum absolute atomic E-state index is 12.0. The van der Waals surface area contributed by atoms with Crippen LogP contribution in [0.5, 0.6) is 0 Å². The molecular weight excluding hydrogens is 288 g/mol. The molecule has 5 nitrogen and oxygen atoms in total. The molecule has 1 heterocycles. The van der Waals surface area contributed by atoms with Crippen LogP contribution in [0.4, 0.5) is 5.13 Å². The van der Waals surface area contributed by atoms with Crippen LogP contribution in [-0.4, -0.2) is 22.0 Å². The van der Waals surface area contributed by atoms with Crippen LogP contribution in [0.15, 0.2) is 35.7 Å². The van der Waals surface area contributed by atoms with E-state index < -0.39 is 5.97 Å². The number of amides is 1. The maximum atomic E-state index is 12.0. The molecule has 0 radical (unpaired) electrons. The lowest BCUT2D eigenvalue weighted by Gasteiger charge is -2.10. The Labute approximate surface area is 126 Å². The summed E-state index contributed by atoms with van der Waals surface area (Å²) < 4.78 is 0. The first kappa shape index (κ1) is 15.2. The van der Waals surface area contributed by atoms with E-state index in [1.807, 2.05) is 37.3 Å². The summed E-state index contributed by atoms with van der Waals surface area (Å²) in [7, 11) is 0. The van der Waals surface area contributed by atoms with Crippen LogP contribution in [0.25, 0.3) is 0 Å². The van der Waals surface area contributed by atoms with Crippen molar-refractivity contribution in [2.45, 2.75) is 25.7 Å². The van der Waals surface area contributed by atoms with E-state index in [0.717, 1.165) is 5.56 Å². The number of rotatable bonds is 6. The average Bonchev–Trinajstić information content (AvgIpc) is 2.85. The van der Waals surface area contributed by atoms with Crippen LogP contribution in [0.2, 0.25) is 0 Å². The Morgan fingerprint density at radius 1 is 1.33 bits per heavy atom. The van der Waals surface area contributed by atoms with Gasteiger partial charge in [0.15, 0.2) is 5.13 Å². The Bertz CT molecular complexity index is 625. The summed E-state index contributed by atoms with van der Waals surface area (Å²) in [6.45, 7) is 1.99. The summed E-state index contributed by atoms with van der Waals surface area (Å²) in [5.41, 5.74) is 1.57. The zero-order valence-corrected chi connectivity index (χ0v) is 12.4. The summed E-state index contributed by atoms with van der Waals surface area (Å²) >= 11 is 1.24. The number of anilines is 1. The molecule has 6 heteroatoms. The van der Waals surface area contributed by atoms with Crippen molar-refractivity contribution in [3.63, 3.8) is 0 Å². The number of carboxylic acids is 1. The van der Waals surface area contributed by atoms with Crippen LogP contribution in [0.3, 0.4) is 0 Å². The smallest absolute Gasteiger partial charge is 0.309 e. The Morgan fingerprint density at radius 2 is 2.05 bits per heavy atom. The van der Waals surface area contributed by atoms with Gasteiger partial charge in [0.2, 0.25) is 5.91 Å². The number of benzene rings is 1. The summed E-state index contributed by atoms with van der Waals surface area (Å²) in [5, 5.41) is 13.5. The van der Waals surface area contributed by atoms with Gasteiger partial charge in [-0.2, -0.15) is 0 Å². The van der Waals surface area contributed by atoms with Gasteiger partial charge < -0.3 is 10.4 Å². The fourth-order valence-electron chi connectivity index (χ4n) is 1.95. The molecule has 2 aromatic rings. The number of carboxylic acid groups (broad SMARTS) is 1. The van der Waals surface area contributed by atoms with E-state index in [1.54, 1.807) is 5.38 Å². The van der Waals surface area contributed by atoms with E-state index >= 15 is 0 Å². The second-order valence-corrected chi connectivity index (χ2v) is 5.64. The van der Waals surface area contributed by atoms with Crippen LogP contribution in [-0.2, 0) is 16.0 Å². The third kappa shape index (κ3) is 4.68. The third-order valence-electron chi connectivity index (χ3n) is 2.99. The van der Waals surface area contributed by atoms with Crippen LogP contribution >= 0.6 is 11.3 Å². The molecule has 110 valence electrons. The van der Waals surface area contributed by atoms with Crippen molar-refractivity contribution >= 4 is 28.3 Å². The van der Waals surface area contributed by atoms with Crippen molar-refractivity contribution in [1.82, 2.24) is 4.98 Å². The Morgan fingerprint density at radius 3 is 2.71 bits per heavy atom. The van der Waals surface area contributed by atoms with Gasteiger partial charge in [-0.05, 0) is 11.5 Å². The third-order valence-corrected chi connectivity index (χ3v) is 3.80. The molecule has 1 aromatic carbocycles. The fourth-order valence-corrected chi connectivity index (χ4v) is 2.67. The molecule has 1 amide bonds. The molecule has 1 aromatic heterocycles. The number of hydrogen-bond acceptors (Lipinski definition) is 4. The Hall–Kier alpha value is -2.21. The quantitative estimate of drug-likeness (QED) is 0.860. The second kappa shape index (κ2) is 6.99. The highest BCUT2D eigenvalue weighted by molar-refractivity contribution is 7.13. The number of carbonyl (C=O) groups is 2. The minimum Gasteiger partial charge on any atom is -0.481 e. The zero-order chi connectivity index (χ0) is 15.2. The first-order valence-electron chi connectivity index (χ1n) is 6.55. The number of aliphatic carboxylic acids is 1. The molecule has 2 N–H and O–H groups in total. The summed E-state index contributed by atoms with van der Waals surface area (Å²) in [6.07, 6.45) is 0.227. The molecule has 0 bridgehead atoms. The molecule has 0 saturated heterocycles. The molecule has 0 saturated carbocycles. The number of aromatic nitrogens is 1. The van der Waals surface area contributed by atoms with Gasteiger partial charge in [0, 0.05) is 11.8 Å². The van der Waals surface area contributed by atoms with Gasteiger partial charge in [-0.1, -0.05) is 37.3 Å². The predicted octanol–water partition coefficient (Wildman–Crippen LogP) is 2.90. The van der Waals surface area contributed by atoms with Crippen LogP contribution in [0.1, 0.15) is 30.5 Å². The molecular formula is C15H16N2O3S. The molecule has 0 spiro atoms. The first-order chi connectivity index (χ1) is 10.0. The topological polar surface area (TPSA) is 79.3 Å². The van der Waals surface area contributed by atoms with E-state index in [4.69, 9.17) is 5.11 Å². The van der Waals surface area contributed by atoms with Gasteiger partial charge in [0.25, 0.3) is 0 Å². The lowest BCUT2D eigenvalue weighted by molar-refractivity contribution is -0.136. The minimum atomic E-state index is -0.934. The maximum Gasteiger partial charge on any atom is 0.309 e. The highest BCUT2D eigenvalue weighted by Crippen LogP contribution is 2.21. The highest BCUT2D eigenvalue weighted by atomic mass is 32.1. The molecule has 1 unspecified atom stereocenters. The van der Waals surface area contributed by atoms with E-state index in [9.17, 15) is 9.59 Å². The number of carbonyl (C=O) groups excluding carboxylic acids is 1. The van der Waals surface area contributed by atoms with Gasteiger partial charge in [-0.3, -0.25) is 9.59 Å². The monoisotopic (exact) mass is 304 g/mol. The van der Waals surface area contributed by atoms with Crippen molar-refractivity contribution in [3.8, 4) is 0 Å². The molecule has 0 aliphatic rings. The van der Waals surface area contributed by atoms with Crippen molar-refractivity contribution in [1.29, 1.82) is 0 Å². The second-order valence-electron chi connectivity index (χ2n) is 4.78. The van der Waals surface area contributed by atoms with Gasteiger partial charge in [-0.25, -0.2) is 4.98 Å². The van der Waals surface area contributed by atoms with Gasteiger partial charge in [0.1, 0.15) is 0 Å². The van der Waals surface area contributed by atoms with Gasteiger partial charge in [0.05, 0.1) is 12.1 Å². The van der Waals surface area contributed by atoms with E-state index in [0.29, 0.717) is 17.2 Å². The largest absolute Gasteiger partial charge is 0.481 e. The molecule has 0 fully saturated rings. The highest BCUT2D eigenvalue weighted by Gasteiger charge is 2.13. The van der Waals surface area contributed by atoms with Gasteiger partial charge in [-0.15, -0.1) is 11.3 Å². The molecule has 0 aliphatic carbocycles. The van der Waals surface area contributed by atoms with Crippen LogP contribution < -0.4 is 5.32 Å². The van der Waals surface area contributed by atoms with E-state index in [1.165, 1.54) is 11.3 Å². The molecule has 2 rings (SSSR count). The first-order valence-corrected chi connectivity index (χ1v) is 7.43. The van der Waals surface area contributed by atoms with E-state index in [-0.39, 0.29) is 18.2 Å². The van der Waals surface area contributed by atoms with Crippen molar-refractivity contribution < 1.29 is 14.7 Å². The molecule has 0 aliphatic heterocycles. The molecule has 1 atom stereocenters. The standard InChI is InChI=1S/C15H16N2O3S/c1-10(11-5-3-2-4-6-11)7-13(18)17-15-16-12(9-21-15)8-14(19)20/h2-6,9-10H,7-8H2,1H3,(H,19,20)(H,16,17,18). The van der Waals surface area contributed by atoms with Crippen molar-refractivity contribution in [2.75, 3.05) is 5.32 Å². The fraction of sp³-hybridized carbons (Fsp3) is 0.267. The SMILES string of the molecule is CC(CC(=O)Nc1nc(CC(=O)O)cs1)c1ccccc1. The Kier molecular flexibility index (Phi) is 5.05. The van der Waals surface area contributed by atoms with Crippen molar-refractivity contribution in [2.24, 2.45) is 0 Å². The number of nitrogens with one attached hydrogen (secondary N) is 1. The summed E-state index contributed by atoms with van der Waals surface area (Å²) in [6, 6.07) is 9.82. The predicted molar refractivity (Wildman–Crippen MR) is 81.6 cm³/mol. The lowest BCUT2D eigenvalue weighted by atomic mass is 9.98. The van der Waals surface area contributed by atoms with Crippen molar-refractivity contribution in [3.05, 3.63) is 47.0 Å². The number of thiazole rings is 1. The van der Waals surface area contributed by atoms with E-state index in [2.05, 4.69) is 10.3 Å². The lowest BCUT2D eigenvalue weighted by Crippen LogP contribution is -2.14. The normalized spacial score (nSPS) is 11.9. The molecule has 21 heavy (non-hydrogen) atoms.